The molecule has 0 bridgehead atoms. The number of anilines is 2. The average molecular weight is 497 g/mol. The smallest absolute Gasteiger partial charge is 0.312 e. The molecule has 1 aliphatic rings. The van der Waals surface area contributed by atoms with E-state index in [2.05, 4.69) is 20.8 Å². The molecule has 31 heavy (non-hydrogen) atoms. The summed E-state index contributed by atoms with van der Waals surface area (Å²) in [7, 11) is 0. The number of carbonyl (C=O) groups is 2. The van der Waals surface area contributed by atoms with E-state index >= 15 is 0 Å². The topological polar surface area (TPSA) is 87.2 Å². The Bertz CT molecular complexity index is 1120. The van der Waals surface area contributed by atoms with Gasteiger partial charge in [0.1, 0.15) is 11.0 Å². The number of likely N-dealkylation sites (tertiary alicyclic amines) is 1. The molecule has 0 saturated carbocycles. The van der Waals surface area contributed by atoms with Crippen LogP contribution in [0, 0.1) is 0 Å². The first-order valence-corrected chi connectivity index (χ1v) is 11.3. The summed E-state index contributed by atoms with van der Waals surface area (Å²) in [4.78, 5) is 27.1. The van der Waals surface area contributed by atoms with Crippen molar-refractivity contribution in [3.63, 3.8) is 0 Å². The van der Waals surface area contributed by atoms with Gasteiger partial charge >= 0.3 is 6.03 Å². The summed E-state index contributed by atoms with van der Waals surface area (Å²) >= 11 is 19.5. The van der Waals surface area contributed by atoms with E-state index in [0.29, 0.717) is 50.3 Å². The van der Waals surface area contributed by atoms with Gasteiger partial charge in [-0.1, -0.05) is 64.3 Å². The molecule has 1 atom stereocenters. The molecule has 4 rings (SSSR count). The third kappa shape index (κ3) is 4.93. The van der Waals surface area contributed by atoms with Gasteiger partial charge in [0.05, 0.1) is 15.7 Å². The van der Waals surface area contributed by atoms with Crippen LogP contribution < -0.4 is 10.6 Å². The number of benzene rings is 2. The first-order chi connectivity index (χ1) is 14.9. The Morgan fingerprint density at radius 2 is 1.77 bits per heavy atom. The number of hydrogen-bond acceptors (Lipinski definition) is 5. The van der Waals surface area contributed by atoms with Crippen LogP contribution in [0.1, 0.15) is 12.8 Å². The number of aromatic nitrogens is 2. The lowest BCUT2D eigenvalue weighted by Gasteiger charge is -2.24. The number of urea groups is 1. The van der Waals surface area contributed by atoms with Crippen molar-refractivity contribution in [3.05, 3.63) is 57.5 Å². The van der Waals surface area contributed by atoms with Gasteiger partial charge in [0.2, 0.25) is 11.0 Å². The number of hydrogen-bond donors (Lipinski definition) is 2. The highest BCUT2D eigenvalue weighted by molar-refractivity contribution is 7.18. The molecule has 0 radical (unpaired) electrons. The molecule has 0 spiro atoms. The minimum absolute atomic E-state index is 0.317. The number of nitrogens with zero attached hydrogens (tertiary/aromatic N) is 3. The number of nitrogens with one attached hydrogen (secondary N) is 2. The summed E-state index contributed by atoms with van der Waals surface area (Å²) < 4.78 is 0. The van der Waals surface area contributed by atoms with E-state index in [4.69, 9.17) is 34.8 Å². The van der Waals surface area contributed by atoms with Gasteiger partial charge in [-0.05, 0) is 37.1 Å². The van der Waals surface area contributed by atoms with Gasteiger partial charge in [0.25, 0.3) is 0 Å². The maximum absolute atomic E-state index is 12.8. The van der Waals surface area contributed by atoms with Crippen LogP contribution in [0.2, 0.25) is 15.1 Å². The summed E-state index contributed by atoms with van der Waals surface area (Å²) in [5.41, 5.74) is 1.13. The van der Waals surface area contributed by atoms with Gasteiger partial charge in [0.15, 0.2) is 0 Å². The Hall–Kier alpha value is -2.39. The monoisotopic (exact) mass is 495 g/mol. The zero-order valence-corrected chi connectivity index (χ0v) is 19.0. The predicted octanol–water partition coefficient (Wildman–Crippen LogP) is 5.80. The van der Waals surface area contributed by atoms with Crippen molar-refractivity contribution < 1.29 is 9.59 Å². The Morgan fingerprint density at radius 3 is 2.52 bits per heavy atom. The quantitative estimate of drug-likeness (QED) is 0.478. The highest BCUT2D eigenvalue weighted by atomic mass is 35.5. The molecule has 160 valence electrons. The van der Waals surface area contributed by atoms with Crippen molar-refractivity contribution in [2.45, 2.75) is 18.9 Å². The fourth-order valence-corrected chi connectivity index (χ4v) is 4.70. The van der Waals surface area contributed by atoms with Crippen LogP contribution in [-0.2, 0) is 4.79 Å². The van der Waals surface area contributed by atoms with Crippen molar-refractivity contribution in [1.82, 2.24) is 15.1 Å². The molecule has 1 aliphatic heterocycles. The summed E-state index contributed by atoms with van der Waals surface area (Å²) in [6.45, 7) is 0.440. The Morgan fingerprint density at radius 1 is 1.03 bits per heavy atom. The van der Waals surface area contributed by atoms with Crippen molar-refractivity contribution in [2.24, 2.45) is 0 Å². The average Bonchev–Trinajstić information content (AvgIpc) is 3.40. The van der Waals surface area contributed by atoms with Crippen molar-refractivity contribution in [2.75, 3.05) is 17.2 Å². The predicted molar refractivity (Wildman–Crippen MR) is 124 cm³/mol. The van der Waals surface area contributed by atoms with Crippen molar-refractivity contribution >= 4 is 68.9 Å². The van der Waals surface area contributed by atoms with Gasteiger partial charge < -0.3 is 10.2 Å². The molecule has 1 fully saturated rings. The van der Waals surface area contributed by atoms with Crippen LogP contribution in [0.3, 0.4) is 0 Å². The molecule has 1 aromatic heterocycles. The first kappa shape index (κ1) is 21.8. The summed E-state index contributed by atoms with van der Waals surface area (Å²) in [5.74, 6) is -0.327. The molecule has 3 amide bonds. The Labute approximate surface area is 197 Å². The van der Waals surface area contributed by atoms with E-state index in [0.717, 1.165) is 5.56 Å². The molecule has 0 aliphatic carbocycles. The van der Waals surface area contributed by atoms with Gasteiger partial charge in [0, 0.05) is 17.1 Å². The van der Waals surface area contributed by atoms with E-state index in [1.165, 1.54) is 16.2 Å². The maximum Gasteiger partial charge on any atom is 0.322 e. The van der Waals surface area contributed by atoms with E-state index in [-0.39, 0.29) is 5.91 Å². The molecule has 2 aromatic carbocycles. The fourth-order valence-electron chi connectivity index (χ4n) is 3.28. The lowest BCUT2D eigenvalue weighted by atomic mass is 10.2. The van der Waals surface area contributed by atoms with Crippen molar-refractivity contribution in [3.8, 4) is 10.6 Å². The zero-order valence-electron chi connectivity index (χ0n) is 15.9. The van der Waals surface area contributed by atoms with Crippen LogP contribution in [-0.4, -0.2) is 39.6 Å². The Balaban J connectivity index is 1.44. The largest absolute Gasteiger partial charge is 0.322 e. The highest BCUT2D eigenvalue weighted by Gasteiger charge is 2.35. The number of para-hydroxylation sites is 1. The normalized spacial score (nSPS) is 15.7. The van der Waals surface area contributed by atoms with Gasteiger partial charge in [-0.3, -0.25) is 10.1 Å². The van der Waals surface area contributed by atoms with Crippen molar-refractivity contribution in [1.29, 1.82) is 0 Å². The zero-order chi connectivity index (χ0) is 22.0. The third-order valence-corrected chi connectivity index (χ3v) is 6.49. The SMILES string of the molecule is O=C(Nc1nnc(-c2cccc(Cl)c2)s1)C1CCCN1C(=O)Nc1c(Cl)cccc1Cl. The number of rotatable bonds is 4. The molecule has 11 heteroatoms. The van der Waals surface area contributed by atoms with Gasteiger partial charge in [-0.25, -0.2) is 4.79 Å². The van der Waals surface area contributed by atoms with Gasteiger partial charge in [-0.2, -0.15) is 0 Å². The minimum atomic E-state index is -0.639. The summed E-state index contributed by atoms with van der Waals surface area (Å²) in [5, 5.41) is 15.8. The fraction of sp³-hybridized carbons (Fsp3) is 0.200. The van der Waals surface area contributed by atoms with Crippen LogP contribution in [0.15, 0.2) is 42.5 Å². The van der Waals surface area contributed by atoms with E-state index in [1.54, 1.807) is 30.3 Å². The lowest BCUT2D eigenvalue weighted by molar-refractivity contribution is -0.119. The maximum atomic E-state index is 12.8. The van der Waals surface area contributed by atoms with Crippen LogP contribution in [0.5, 0.6) is 0 Å². The second-order valence-corrected chi connectivity index (χ2v) is 9.02. The molecule has 2 heterocycles. The molecule has 3 aromatic rings. The van der Waals surface area contributed by atoms with E-state index in [9.17, 15) is 9.59 Å². The Kier molecular flexibility index (Phi) is 6.62. The van der Waals surface area contributed by atoms with Crippen LogP contribution in [0.4, 0.5) is 15.6 Å². The lowest BCUT2D eigenvalue weighted by Crippen LogP contribution is -2.45. The third-order valence-electron chi connectivity index (χ3n) is 4.74. The number of carbonyl (C=O) groups excluding carboxylic acids is 2. The van der Waals surface area contributed by atoms with Crippen LogP contribution >= 0.6 is 46.1 Å². The number of amides is 3. The first-order valence-electron chi connectivity index (χ1n) is 9.34. The summed E-state index contributed by atoms with van der Waals surface area (Å²) in [6, 6.07) is 11.1. The highest BCUT2D eigenvalue weighted by Crippen LogP contribution is 2.32. The molecule has 7 nitrogen and oxygen atoms in total. The van der Waals surface area contributed by atoms with Crippen LogP contribution in [0.25, 0.3) is 10.6 Å². The van der Waals surface area contributed by atoms with Gasteiger partial charge in [-0.15, -0.1) is 10.2 Å². The van der Waals surface area contributed by atoms with E-state index < -0.39 is 12.1 Å². The number of halogens is 3. The molecule has 2 N–H and O–H groups in total. The molecule has 1 unspecified atom stereocenters. The minimum Gasteiger partial charge on any atom is -0.312 e. The molecule has 1 saturated heterocycles. The standard InChI is InChI=1S/C20H16Cl3N5O2S/c21-12-5-1-4-11(10-12)18-26-27-19(31-18)25-17(29)15-8-3-9-28(15)20(30)24-16-13(22)6-2-7-14(16)23/h1-2,4-7,10,15H,3,8-9H2,(H,24,30)(H,25,27,29). The second-order valence-electron chi connectivity index (χ2n) is 6.79. The second kappa shape index (κ2) is 9.40. The summed E-state index contributed by atoms with van der Waals surface area (Å²) in [6.07, 6.45) is 1.24. The molecular weight excluding hydrogens is 481 g/mol. The van der Waals surface area contributed by atoms with E-state index in [1.807, 2.05) is 12.1 Å². The molecular formula is C20H16Cl3N5O2S.